The maximum Gasteiger partial charge on any atom is 0.0624 e. The molecule has 1 aromatic rings. The number of oxime groups is 1. The first-order valence-corrected chi connectivity index (χ1v) is 7.39. The van der Waals surface area contributed by atoms with Crippen molar-refractivity contribution in [2.45, 2.75) is 18.2 Å². The Hall–Kier alpha value is -1.00. The van der Waals surface area contributed by atoms with Crippen LogP contribution < -0.4 is 0 Å². The van der Waals surface area contributed by atoms with Crippen molar-refractivity contribution in [2.75, 3.05) is 25.4 Å². The van der Waals surface area contributed by atoms with Crippen LogP contribution >= 0.6 is 11.8 Å². The van der Waals surface area contributed by atoms with Gasteiger partial charge in [-0.05, 0) is 12.1 Å². The summed E-state index contributed by atoms with van der Waals surface area (Å²) in [4.78, 5) is 3.79. The molecule has 4 heteroatoms. The van der Waals surface area contributed by atoms with Gasteiger partial charge in [-0.15, -0.1) is 11.8 Å². The minimum atomic E-state index is 0.380. The third-order valence-corrected chi connectivity index (χ3v) is 4.33. The summed E-state index contributed by atoms with van der Waals surface area (Å²) >= 11 is 1.90. The van der Waals surface area contributed by atoms with Crippen molar-refractivity contribution < 1.29 is 5.21 Å². The lowest BCUT2D eigenvalue weighted by Crippen LogP contribution is -2.40. The maximum absolute atomic E-state index is 8.84. The van der Waals surface area contributed by atoms with E-state index in [4.69, 9.17) is 5.21 Å². The van der Waals surface area contributed by atoms with Crippen LogP contribution in [0.4, 0.5) is 0 Å². The number of piperidine rings is 1. The van der Waals surface area contributed by atoms with Crippen LogP contribution in [0.3, 0.4) is 0 Å². The summed E-state index contributed by atoms with van der Waals surface area (Å²) in [6, 6.07) is 10.5. The highest BCUT2D eigenvalue weighted by atomic mass is 32.2. The molecule has 2 rings (SSSR count). The third kappa shape index (κ3) is 3.75. The standard InChI is InChI=1S/C14H20N2OS/c1-12-11-16(8-7-14(12)15-17)9-10-18-13-5-3-2-4-6-13/h2-6,12,17H,7-11H2,1H3/b15-14+. The molecule has 1 aliphatic rings. The monoisotopic (exact) mass is 264 g/mol. The van der Waals surface area contributed by atoms with Gasteiger partial charge in [0.15, 0.2) is 0 Å². The highest BCUT2D eigenvalue weighted by Gasteiger charge is 2.21. The number of rotatable bonds is 4. The average Bonchev–Trinajstić information content (AvgIpc) is 2.40. The molecule has 0 bridgehead atoms. The van der Waals surface area contributed by atoms with E-state index in [0.717, 1.165) is 37.5 Å². The zero-order valence-corrected chi connectivity index (χ0v) is 11.6. The van der Waals surface area contributed by atoms with Crippen LogP contribution in [0.25, 0.3) is 0 Å². The molecule has 0 saturated carbocycles. The lowest BCUT2D eigenvalue weighted by Gasteiger charge is -2.31. The average molecular weight is 264 g/mol. The molecule has 0 radical (unpaired) electrons. The van der Waals surface area contributed by atoms with Gasteiger partial charge in [-0.1, -0.05) is 30.3 Å². The van der Waals surface area contributed by atoms with E-state index in [2.05, 4.69) is 41.2 Å². The minimum Gasteiger partial charge on any atom is -0.411 e. The van der Waals surface area contributed by atoms with Crippen LogP contribution in [0, 0.1) is 5.92 Å². The summed E-state index contributed by atoms with van der Waals surface area (Å²) in [5, 5.41) is 12.2. The Morgan fingerprint density at radius 1 is 1.39 bits per heavy atom. The van der Waals surface area contributed by atoms with Gasteiger partial charge in [0, 0.05) is 42.6 Å². The van der Waals surface area contributed by atoms with Crippen molar-refractivity contribution in [1.82, 2.24) is 4.90 Å². The SMILES string of the molecule is CC1CN(CCSc2ccccc2)CC/C1=N\O. The van der Waals surface area contributed by atoms with Gasteiger partial charge in [-0.3, -0.25) is 0 Å². The Balaban J connectivity index is 1.72. The van der Waals surface area contributed by atoms with Crippen molar-refractivity contribution in [3.63, 3.8) is 0 Å². The largest absolute Gasteiger partial charge is 0.411 e. The molecular weight excluding hydrogens is 244 g/mol. The fourth-order valence-electron chi connectivity index (χ4n) is 2.26. The van der Waals surface area contributed by atoms with E-state index in [0.29, 0.717) is 5.92 Å². The molecule has 1 heterocycles. The van der Waals surface area contributed by atoms with Crippen molar-refractivity contribution in [3.8, 4) is 0 Å². The normalized spacial score (nSPS) is 23.4. The van der Waals surface area contributed by atoms with E-state index < -0.39 is 0 Å². The zero-order valence-electron chi connectivity index (χ0n) is 10.7. The van der Waals surface area contributed by atoms with Crippen molar-refractivity contribution in [2.24, 2.45) is 11.1 Å². The summed E-state index contributed by atoms with van der Waals surface area (Å²) < 4.78 is 0. The first-order chi connectivity index (χ1) is 8.79. The second-order valence-electron chi connectivity index (χ2n) is 4.70. The lowest BCUT2D eigenvalue weighted by molar-refractivity contribution is 0.247. The topological polar surface area (TPSA) is 35.8 Å². The molecule has 1 N–H and O–H groups in total. The number of hydrogen-bond acceptors (Lipinski definition) is 4. The summed E-state index contributed by atoms with van der Waals surface area (Å²) in [7, 11) is 0. The van der Waals surface area contributed by atoms with Crippen molar-refractivity contribution in [3.05, 3.63) is 30.3 Å². The van der Waals surface area contributed by atoms with Crippen LogP contribution in [-0.2, 0) is 0 Å². The molecule has 0 aliphatic carbocycles. The summed E-state index contributed by atoms with van der Waals surface area (Å²) in [6.45, 7) is 5.25. The molecular formula is C14H20N2OS. The van der Waals surface area contributed by atoms with Gasteiger partial charge in [0.25, 0.3) is 0 Å². The maximum atomic E-state index is 8.84. The first kappa shape index (κ1) is 13.4. The van der Waals surface area contributed by atoms with Gasteiger partial charge < -0.3 is 10.1 Å². The quantitative estimate of drug-likeness (QED) is 0.516. The lowest BCUT2D eigenvalue weighted by atomic mass is 9.98. The van der Waals surface area contributed by atoms with Crippen LogP contribution in [0.2, 0.25) is 0 Å². The number of likely N-dealkylation sites (tertiary alicyclic amines) is 1. The van der Waals surface area contributed by atoms with E-state index in [1.165, 1.54) is 4.90 Å². The highest BCUT2D eigenvalue weighted by Crippen LogP contribution is 2.19. The van der Waals surface area contributed by atoms with E-state index in [1.54, 1.807) is 0 Å². The molecule has 1 aliphatic heterocycles. The number of benzene rings is 1. The predicted octanol–water partition coefficient (Wildman–Crippen LogP) is 2.95. The third-order valence-electron chi connectivity index (χ3n) is 3.33. The fraction of sp³-hybridized carbons (Fsp3) is 0.500. The van der Waals surface area contributed by atoms with Crippen LogP contribution in [0.5, 0.6) is 0 Å². The number of hydrogen-bond donors (Lipinski definition) is 1. The van der Waals surface area contributed by atoms with Crippen molar-refractivity contribution in [1.29, 1.82) is 0 Å². The Labute approximate surface area is 113 Å². The molecule has 1 saturated heterocycles. The summed E-state index contributed by atoms with van der Waals surface area (Å²) in [6.07, 6.45) is 0.896. The van der Waals surface area contributed by atoms with Gasteiger partial charge in [0.2, 0.25) is 0 Å². The molecule has 1 unspecified atom stereocenters. The van der Waals surface area contributed by atoms with Gasteiger partial charge in [-0.25, -0.2) is 0 Å². The van der Waals surface area contributed by atoms with Gasteiger partial charge in [0.05, 0.1) is 5.71 Å². The molecule has 0 spiro atoms. The fourth-order valence-corrected chi connectivity index (χ4v) is 3.20. The summed E-state index contributed by atoms with van der Waals surface area (Å²) in [5.74, 6) is 1.49. The highest BCUT2D eigenvalue weighted by molar-refractivity contribution is 7.99. The molecule has 1 aromatic carbocycles. The van der Waals surface area contributed by atoms with E-state index in [1.807, 2.05) is 17.8 Å². The molecule has 1 atom stereocenters. The Morgan fingerprint density at radius 3 is 2.83 bits per heavy atom. The summed E-state index contributed by atoms with van der Waals surface area (Å²) in [5.41, 5.74) is 0.946. The number of nitrogens with zero attached hydrogens (tertiary/aromatic N) is 2. The van der Waals surface area contributed by atoms with Gasteiger partial charge in [-0.2, -0.15) is 0 Å². The zero-order chi connectivity index (χ0) is 12.8. The Bertz CT molecular complexity index is 394. The van der Waals surface area contributed by atoms with Crippen LogP contribution in [-0.4, -0.2) is 41.2 Å². The minimum absolute atomic E-state index is 0.380. The number of thioether (sulfide) groups is 1. The molecule has 98 valence electrons. The molecule has 0 amide bonds. The van der Waals surface area contributed by atoms with Gasteiger partial charge >= 0.3 is 0 Å². The first-order valence-electron chi connectivity index (χ1n) is 6.40. The molecule has 3 nitrogen and oxygen atoms in total. The van der Waals surface area contributed by atoms with E-state index >= 15 is 0 Å². The predicted molar refractivity (Wildman–Crippen MR) is 76.6 cm³/mol. The smallest absolute Gasteiger partial charge is 0.0624 e. The van der Waals surface area contributed by atoms with Crippen molar-refractivity contribution >= 4 is 17.5 Å². The Morgan fingerprint density at radius 2 is 2.17 bits per heavy atom. The second-order valence-corrected chi connectivity index (χ2v) is 5.87. The molecule has 18 heavy (non-hydrogen) atoms. The van der Waals surface area contributed by atoms with Crippen LogP contribution in [0.15, 0.2) is 40.4 Å². The molecule has 1 fully saturated rings. The van der Waals surface area contributed by atoms with Gasteiger partial charge in [0.1, 0.15) is 0 Å². The van der Waals surface area contributed by atoms with E-state index in [-0.39, 0.29) is 0 Å². The van der Waals surface area contributed by atoms with Crippen LogP contribution in [0.1, 0.15) is 13.3 Å². The second kappa shape index (κ2) is 6.81. The van der Waals surface area contributed by atoms with E-state index in [9.17, 15) is 0 Å². The molecule has 0 aromatic heterocycles. The Kier molecular flexibility index (Phi) is 5.08.